The third-order valence-electron chi connectivity index (χ3n) is 4.36. The Balaban J connectivity index is 1.55. The van der Waals surface area contributed by atoms with Crippen molar-refractivity contribution in [1.29, 1.82) is 0 Å². The number of aryl methyl sites for hydroxylation is 1. The quantitative estimate of drug-likeness (QED) is 0.439. The number of hydrogen-bond acceptors (Lipinski definition) is 7. The van der Waals surface area contributed by atoms with E-state index in [-0.39, 0.29) is 12.4 Å². The van der Waals surface area contributed by atoms with Gasteiger partial charge in [0.15, 0.2) is 6.54 Å². The van der Waals surface area contributed by atoms with E-state index in [1.54, 1.807) is 12.1 Å². The summed E-state index contributed by atoms with van der Waals surface area (Å²) in [5.41, 5.74) is 3.11. The lowest BCUT2D eigenvalue weighted by Gasteiger charge is -2.08. The van der Waals surface area contributed by atoms with E-state index in [4.69, 9.17) is 4.74 Å². The number of aromatic nitrogens is 5. The number of ether oxygens (including phenoxy) is 2. The van der Waals surface area contributed by atoms with Gasteiger partial charge in [0.1, 0.15) is 17.3 Å². The molecule has 0 aliphatic rings. The zero-order valence-electron chi connectivity index (χ0n) is 16.8. The molecule has 0 aliphatic heterocycles. The van der Waals surface area contributed by atoms with E-state index in [0.29, 0.717) is 17.3 Å². The summed E-state index contributed by atoms with van der Waals surface area (Å²) in [4.78, 5) is 17.2. The van der Waals surface area contributed by atoms with Gasteiger partial charge >= 0.3 is 5.97 Å². The molecule has 0 amide bonds. The fourth-order valence-electron chi connectivity index (χ4n) is 2.88. The third-order valence-corrected chi connectivity index (χ3v) is 4.36. The van der Waals surface area contributed by atoms with Crippen molar-refractivity contribution in [1.82, 2.24) is 25.2 Å². The van der Waals surface area contributed by atoms with Crippen LogP contribution in [0.5, 0.6) is 11.5 Å². The number of methoxy groups -OCH3 is 1. The molecular weight excluding hydrogens is 401 g/mol. The highest BCUT2D eigenvalue weighted by molar-refractivity contribution is 5.69. The molecule has 9 heteroatoms. The maximum Gasteiger partial charge on any atom is 0.329 e. The summed E-state index contributed by atoms with van der Waals surface area (Å²) in [7, 11) is 1.30. The first-order chi connectivity index (χ1) is 15.0. The van der Waals surface area contributed by atoms with Crippen LogP contribution in [0.25, 0.3) is 22.6 Å². The summed E-state index contributed by atoms with van der Waals surface area (Å²) in [5.74, 6) is 0.774. The molecule has 0 radical (unpaired) electrons. The minimum Gasteiger partial charge on any atom is -0.468 e. The van der Waals surface area contributed by atoms with Gasteiger partial charge in [-0.25, -0.2) is 9.18 Å². The molecule has 0 saturated carbocycles. The average molecular weight is 419 g/mol. The van der Waals surface area contributed by atoms with E-state index >= 15 is 0 Å². The molecule has 31 heavy (non-hydrogen) atoms. The lowest BCUT2D eigenvalue weighted by Crippen LogP contribution is -2.14. The van der Waals surface area contributed by atoms with E-state index in [1.807, 2.05) is 43.3 Å². The highest BCUT2D eigenvalue weighted by Gasteiger charge is 2.12. The Morgan fingerprint density at radius 3 is 2.35 bits per heavy atom. The predicted octanol–water partition coefficient (Wildman–Crippen LogP) is 3.81. The topological polar surface area (TPSA) is 92.0 Å². The third kappa shape index (κ3) is 4.89. The van der Waals surface area contributed by atoms with Gasteiger partial charge in [-0.1, -0.05) is 0 Å². The van der Waals surface area contributed by atoms with Crippen LogP contribution in [0.2, 0.25) is 0 Å². The average Bonchev–Trinajstić information content (AvgIpc) is 3.24. The standard InChI is InChI=1S/C22H18FN5O3/c1-14-11-16(22-25-27-28(26-22)13-21(29)30-2)12-20(24-14)15-3-7-18(8-4-15)31-19-9-5-17(23)6-10-19/h3-12H,13H2,1-2H3. The first kappa shape index (κ1) is 20.1. The van der Waals surface area contributed by atoms with Gasteiger partial charge in [-0.3, -0.25) is 4.98 Å². The number of nitrogens with zero attached hydrogens (tertiary/aromatic N) is 5. The number of esters is 1. The minimum absolute atomic E-state index is 0.115. The van der Waals surface area contributed by atoms with Crippen molar-refractivity contribution in [3.05, 3.63) is 72.2 Å². The Labute approximate surface area is 177 Å². The molecule has 0 N–H and O–H groups in total. The molecule has 0 saturated heterocycles. The van der Waals surface area contributed by atoms with Crippen molar-refractivity contribution < 1.29 is 18.7 Å². The molecule has 2 aromatic heterocycles. The molecule has 0 fully saturated rings. The zero-order valence-corrected chi connectivity index (χ0v) is 16.8. The molecule has 0 unspecified atom stereocenters. The number of pyridine rings is 1. The maximum absolute atomic E-state index is 13.0. The number of carbonyl (C=O) groups is 1. The fraction of sp³-hybridized carbons (Fsp3) is 0.136. The van der Waals surface area contributed by atoms with E-state index in [0.717, 1.165) is 22.5 Å². The van der Waals surface area contributed by atoms with Crippen molar-refractivity contribution in [2.24, 2.45) is 0 Å². The van der Waals surface area contributed by atoms with Crippen molar-refractivity contribution in [2.75, 3.05) is 7.11 Å². The Morgan fingerprint density at radius 2 is 1.68 bits per heavy atom. The Kier molecular flexibility index (Phi) is 5.65. The molecule has 2 heterocycles. The monoisotopic (exact) mass is 419 g/mol. The smallest absolute Gasteiger partial charge is 0.329 e. The van der Waals surface area contributed by atoms with E-state index in [2.05, 4.69) is 25.1 Å². The highest BCUT2D eigenvalue weighted by Crippen LogP contribution is 2.27. The van der Waals surface area contributed by atoms with Crippen LogP contribution >= 0.6 is 0 Å². The Morgan fingerprint density at radius 1 is 1.00 bits per heavy atom. The number of benzene rings is 2. The van der Waals surface area contributed by atoms with Crippen LogP contribution in [0.3, 0.4) is 0 Å². The van der Waals surface area contributed by atoms with Gasteiger partial charge in [-0.15, -0.1) is 10.2 Å². The number of rotatable bonds is 6. The van der Waals surface area contributed by atoms with Crippen LogP contribution in [0.15, 0.2) is 60.7 Å². The first-order valence-electron chi connectivity index (χ1n) is 9.38. The minimum atomic E-state index is -0.460. The molecular formula is C22H18FN5O3. The molecule has 0 aliphatic carbocycles. The number of hydrogen-bond donors (Lipinski definition) is 0. The number of carbonyl (C=O) groups excluding carboxylic acids is 1. The van der Waals surface area contributed by atoms with Crippen LogP contribution in [0.1, 0.15) is 5.69 Å². The highest BCUT2D eigenvalue weighted by atomic mass is 19.1. The molecule has 0 bridgehead atoms. The summed E-state index contributed by atoms with van der Waals surface area (Å²) >= 11 is 0. The molecule has 4 aromatic rings. The Bertz CT molecular complexity index is 1210. The molecule has 4 rings (SSSR count). The number of tetrazole rings is 1. The lowest BCUT2D eigenvalue weighted by molar-refractivity contribution is -0.141. The van der Waals surface area contributed by atoms with Gasteiger partial charge in [0.2, 0.25) is 5.82 Å². The summed E-state index contributed by atoms with van der Waals surface area (Å²) in [6.45, 7) is 1.76. The van der Waals surface area contributed by atoms with Gasteiger partial charge in [-0.05, 0) is 72.8 Å². The van der Waals surface area contributed by atoms with E-state index in [9.17, 15) is 9.18 Å². The Hall–Kier alpha value is -4.14. The second-order valence-corrected chi connectivity index (χ2v) is 6.68. The molecule has 2 aromatic carbocycles. The van der Waals surface area contributed by atoms with Gasteiger partial charge in [0.05, 0.1) is 12.8 Å². The second kappa shape index (κ2) is 8.70. The van der Waals surface area contributed by atoms with Crippen LogP contribution in [-0.2, 0) is 16.1 Å². The van der Waals surface area contributed by atoms with Crippen LogP contribution in [-0.4, -0.2) is 38.3 Å². The van der Waals surface area contributed by atoms with Crippen LogP contribution in [0, 0.1) is 12.7 Å². The molecule has 156 valence electrons. The van der Waals surface area contributed by atoms with Crippen molar-refractivity contribution in [2.45, 2.75) is 13.5 Å². The van der Waals surface area contributed by atoms with Gasteiger partial charge in [0, 0.05) is 16.8 Å². The summed E-state index contributed by atoms with van der Waals surface area (Å²) in [6.07, 6.45) is 0. The normalized spacial score (nSPS) is 10.7. The van der Waals surface area contributed by atoms with Crippen LogP contribution in [0.4, 0.5) is 4.39 Å². The maximum atomic E-state index is 13.0. The fourth-order valence-corrected chi connectivity index (χ4v) is 2.88. The zero-order chi connectivity index (χ0) is 21.8. The molecule has 0 atom stereocenters. The van der Waals surface area contributed by atoms with E-state index in [1.165, 1.54) is 24.0 Å². The first-order valence-corrected chi connectivity index (χ1v) is 9.38. The van der Waals surface area contributed by atoms with Crippen LogP contribution < -0.4 is 4.74 Å². The summed E-state index contributed by atoms with van der Waals surface area (Å²) in [5, 5.41) is 12.1. The lowest BCUT2D eigenvalue weighted by atomic mass is 10.1. The van der Waals surface area contributed by atoms with Gasteiger partial charge < -0.3 is 9.47 Å². The van der Waals surface area contributed by atoms with Gasteiger partial charge in [-0.2, -0.15) is 4.80 Å². The van der Waals surface area contributed by atoms with Crippen molar-refractivity contribution >= 4 is 5.97 Å². The summed E-state index contributed by atoms with van der Waals surface area (Å²) < 4.78 is 23.4. The van der Waals surface area contributed by atoms with Gasteiger partial charge in [0.25, 0.3) is 0 Å². The largest absolute Gasteiger partial charge is 0.468 e. The SMILES string of the molecule is COC(=O)Cn1nnc(-c2cc(C)nc(-c3ccc(Oc4ccc(F)cc4)cc3)c2)n1. The van der Waals surface area contributed by atoms with E-state index < -0.39 is 5.97 Å². The summed E-state index contributed by atoms with van der Waals surface area (Å²) in [6, 6.07) is 16.9. The van der Waals surface area contributed by atoms with Crippen molar-refractivity contribution in [3.63, 3.8) is 0 Å². The second-order valence-electron chi connectivity index (χ2n) is 6.68. The predicted molar refractivity (Wildman–Crippen MR) is 110 cm³/mol. The molecule has 8 nitrogen and oxygen atoms in total. The number of halogens is 1. The molecule has 0 spiro atoms. The van der Waals surface area contributed by atoms with Crippen molar-refractivity contribution in [3.8, 4) is 34.1 Å².